The first-order valence-corrected chi connectivity index (χ1v) is 8.25. The molecule has 0 amide bonds. The molecule has 0 atom stereocenters. The minimum absolute atomic E-state index is 0.192. The van der Waals surface area contributed by atoms with Gasteiger partial charge in [-0.15, -0.1) is 0 Å². The van der Waals surface area contributed by atoms with Gasteiger partial charge in [-0.05, 0) is 6.92 Å². The molecule has 0 spiro atoms. The number of carbonyl (C=O) groups is 1. The number of sulfonamides is 1. The lowest BCUT2D eigenvalue weighted by Crippen LogP contribution is -2.65. The third kappa shape index (κ3) is 4.50. The first-order chi connectivity index (χ1) is 11.8. The van der Waals surface area contributed by atoms with Gasteiger partial charge in [-0.25, -0.2) is 13.2 Å². The molecule has 0 heterocycles. The normalized spacial score (nSPS) is 14.4. The average molecular weight is 439 g/mol. The lowest BCUT2D eigenvalue weighted by atomic mass is 10.1. The Morgan fingerprint density at radius 1 is 1.00 bits per heavy atom. The summed E-state index contributed by atoms with van der Waals surface area (Å²) in [6.07, 6.45) is -7.15. The van der Waals surface area contributed by atoms with Crippen LogP contribution in [0.3, 0.4) is 0 Å². The maximum absolute atomic E-state index is 13.7. The minimum atomic E-state index is -7.34. The predicted octanol–water partition coefficient (Wildman–Crippen LogP) is 3.18. The molecule has 0 unspecified atom stereocenters. The Morgan fingerprint density at radius 3 is 1.78 bits per heavy atom. The second-order valence-corrected chi connectivity index (χ2v) is 7.06. The molecule has 0 rings (SSSR count). The lowest BCUT2D eigenvalue weighted by molar-refractivity contribution is -0.382. The van der Waals surface area contributed by atoms with Crippen LogP contribution in [-0.4, -0.2) is 61.7 Å². The van der Waals surface area contributed by atoms with E-state index in [-0.39, 0.29) is 5.57 Å². The van der Waals surface area contributed by atoms with Gasteiger partial charge in [0.2, 0.25) is 0 Å². The minimum Gasteiger partial charge on any atom is -0.461 e. The van der Waals surface area contributed by atoms with Crippen LogP contribution in [0.15, 0.2) is 12.2 Å². The fourth-order valence-electron chi connectivity index (χ4n) is 1.50. The van der Waals surface area contributed by atoms with E-state index in [1.54, 1.807) is 0 Å². The summed E-state index contributed by atoms with van der Waals surface area (Å²) in [6.45, 7) is 1.90. The maximum Gasteiger partial charge on any atom is 0.460 e. The molecule has 0 aromatic rings. The summed E-state index contributed by atoms with van der Waals surface area (Å²) in [5, 5.41) is -6.83. The number of carbonyl (C=O) groups excluding carboxylic acids is 1. The smallest absolute Gasteiger partial charge is 0.460 e. The van der Waals surface area contributed by atoms with Crippen molar-refractivity contribution in [1.29, 1.82) is 0 Å². The number of ether oxygens (including phenoxy) is 1. The molecule has 0 saturated carbocycles. The molecule has 160 valence electrons. The van der Waals surface area contributed by atoms with Gasteiger partial charge in [-0.2, -0.15) is 43.8 Å². The zero-order valence-corrected chi connectivity index (χ0v) is 14.5. The van der Waals surface area contributed by atoms with Crippen molar-refractivity contribution in [2.45, 2.75) is 37.1 Å². The van der Waals surface area contributed by atoms with Crippen LogP contribution in [0.5, 0.6) is 0 Å². The zero-order valence-electron chi connectivity index (χ0n) is 13.7. The summed E-state index contributed by atoms with van der Waals surface area (Å²) < 4.78 is 143. The van der Waals surface area contributed by atoms with Crippen molar-refractivity contribution in [3.05, 3.63) is 12.2 Å². The molecule has 0 fully saturated rings. The van der Waals surface area contributed by atoms with Gasteiger partial charge in [0.1, 0.15) is 6.61 Å². The highest BCUT2D eigenvalue weighted by atomic mass is 32.2. The molecule has 5 nitrogen and oxygen atoms in total. The van der Waals surface area contributed by atoms with Crippen molar-refractivity contribution in [2.75, 3.05) is 19.7 Å². The highest BCUT2D eigenvalue weighted by Gasteiger charge is 2.85. The number of nitrogens with zero attached hydrogens (tertiary/aromatic N) is 1. The molecular weight excluding hydrogens is 425 g/mol. The van der Waals surface area contributed by atoms with Gasteiger partial charge in [0.05, 0.1) is 0 Å². The van der Waals surface area contributed by atoms with Gasteiger partial charge in [0, 0.05) is 18.7 Å². The Kier molecular flexibility index (Phi) is 7.41. The summed E-state index contributed by atoms with van der Waals surface area (Å²) in [5.41, 5.74) is -0.192. The topological polar surface area (TPSA) is 63.7 Å². The summed E-state index contributed by atoms with van der Waals surface area (Å²) in [5.74, 6) is -15.8. The van der Waals surface area contributed by atoms with Crippen molar-refractivity contribution < 1.29 is 57.5 Å². The van der Waals surface area contributed by atoms with Crippen LogP contribution in [-0.2, 0) is 19.6 Å². The molecule has 0 aromatic carbocycles. The van der Waals surface area contributed by atoms with E-state index in [9.17, 15) is 52.7 Å². The quantitative estimate of drug-likeness (QED) is 0.315. The van der Waals surface area contributed by atoms with E-state index in [4.69, 9.17) is 0 Å². The molecule has 0 aliphatic carbocycles. The van der Waals surface area contributed by atoms with Crippen molar-refractivity contribution in [1.82, 2.24) is 4.31 Å². The van der Waals surface area contributed by atoms with Crippen LogP contribution in [0, 0.1) is 0 Å². The second kappa shape index (κ2) is 7.85. The highest BCUT2D eigenvalue weighted by Crippen LogP contribution is 2.55. The van der Waals surface area contributed by atoms with Crippen molar-refractivity contribution in [3.63, 3.8) is 0 Å². The Balaban J connectivity index is 5.79. The van der Waals surface area contributed by atoms with Gasteiger partial charge in [-0.1, -0.05) is 13.5 Å². The van der Waals surface area contributed by atoms with Gasteiger partial charge >= 0.3 is 29.2 Å². The van der Waals surface area contributed by atoms with Crippen molar-refractivity contribution in [2.24, 2.45) is 0 Å². The summed E-state index contributed by atoms with van der Waals surface area (Å²) >= 11 is 0. The Bertz CT molecular complexity index is 673. The molecule has 0 aromatic heterocycles. The molecule has 0 saturated heterocycles. The zero-order chi connectivity index (χ0) is 22.1. The third-order valence-corrected chi connectivity index (χ3v) is 5.08. The molecule has 0 aliphatic heterocycles. The molecule has 0 bridgehead atoms. The third-order valence-electron chi connectivity index (χ3n) is 3.05. The number of rotatable bonds is 9. The number of hydrogen-bond donors (Lipinski definition) is 0. The molecule has 27 heavy (non-hydrogen) atoms. The van der Waals surface area contributed by atoms with Crippen molar-refractivity contribution in [3.8, 4) is 0 Å². The summed E-state index contributed by atoms with van der Waals surface area (Å²) in [6, 6.07) is 0. The molecule has 0 N–H and O–H groups in total. The SMILES string of the molecule is C=C(C)C(=O)OCCN(CC)S(=O)(=O)C(F)(F)C(F)(F)C(F)(F)C(F)(F)F. The van der Waals surface area contributed by atoms with E-state index in [0.717, 1.165) is 13.8 Å². The van der Waals surface area contributed by atoms with E-state index in [1.165, 1.54) is 0 Å². The van der Waals surface area contributed by atoms with E-state index < -0.39 is 63.3 Å². The first kappa shape index (κ1) is 25.5. The summed E-state index contributed by atoms with van der Waals surface area (Å²) in [7, 11) is -6.71. The fourth-order valence-corrected chi connectivity index (χ4v) is 2.93. The first-order valence-electron chi connectivity index (χ1n) is 6.81. The van der Waals surface area contributed by atoms with Gasteiger partial charge < -0.3 is 4.74 Å². The van der Waals surface area contributed by atoms with Gasteiger partial charge in [0.25, 0.3) is 10.0 Å². The van der Waals surface area contributed by atoms with E-state index in [1.807, 2.05) is 0 Å². The van der Waals surface area contributed by atoms with E-state index in [0.29, 0.717) is 0 Å². The maximum atomic E-state index is 13.7. The monoisotopic (exact) mass is 439 g/mol. The number of hydrogen-bond acceptors (Lipinski definition) is 4. The van der Waals surface area contributed by atoms with Gasteiger partial charge in [-0.3, -0.25) is 0 Å². The van der Waals surface area contributed by atoms with Crippen LogP contribution in [0.2, 0.25) is 0 Å². The summed E-state index contributed by atoms with van der Waals surface area (Å²) in [4.78, 5) is 11.1. The van der Waals surface area contributed by atoms with Crippen LogP contribution in [0.25, 0.3) is 0 Å². The van der Waals surface area contributed by atoms with E-state index >= 15 is 0 Å². The van der Waals surface area contributed by atoms with Crippen LogP contribution < -0.4 is 0 Å². The number of halogens is 9. The largest absolute Gasteiger partial charge is 0.461 e. The Morgan fingerprint density at radius 2 is 1.44 bits per heavy atom. The van der Waals surface area contributed by atoms with Crippen molar-refractivity contribution >= 4 is 16.0 Å². The van der Waals surface area contributed by atoms with Crippen LogP contribution >= 0.6 is 0 Å². The Hall–Kier alpha value is -1.51. The number of esters is 1. The van der Waals surface area contributed by atoms with Crippen LogP contribution in [0.4, 0.5) is 39.5 Å². The number of likely N-dealkylation sites (N-methyl/N-ethyl adjacent to an activating group) is 1. The molecule has 0 radical (unpaired) electrons. The molecule has 15 heteroatoms. The average Bonchev–Trinajstić information content (AvgIpc) is 2.49. The fraction of sp³-hybridized carbons (Fsp3) is 0.750. The van der Waals surface area contributed by atoms with Crippen LogP contribution in [0.1, 0.15) is 13.8 Å². The van der Waals surface area contributed by atoms with E-state index in [2.05, 4.69) is 11.3 Å². The standard InChI is InChI=1S/C12H14F9NO4S/c1-4-22(5-6-26-8(23)7(2)3)27(24,25)12(20,21)10(15,16)9(13,14)11(17,18)19/h2,4-6H2,1,3H3. The molecular formula is C12H14F9NO4S. The lowest BCUT2D eigenvalue weighted by Gasteiger charge is -2.35. The molecule has 0 aliphatic rings. The highest BCUT2D eigenvalue weighted by molar-refractivity contribution is 7.90. The number of alkyl halides is 9. The predicted molar refractivity (Wildman–Crippen MR) is 72.8 cm³/mol. The second-order valence-electron chi connectivity index (χ2n) is 5.08. The Labute approximate surface area is 147 Å². The van der Waals surface area contributed by atoms with Gasteiger partial charge in [0.15, 0.2) is 0 Å².